The van der Waals surface area contributed by atoms with Gasteiger partial charge in [0.15, 0.2) is 5.78 Å². The second-order valence-electron chi connectivity index (χ2n) is 10.6. The molecular weight excluding hydrogens is 324 g/mol. The number of ketones is 2. The molecule has 1 N–H and O–H groups in total. The van der Waals surface area contributed by atoms with Crippen LogP contribution in [0.2, 0.25) is 0 Å². The lowest BCUT2D eigenvalue weighted by molar-refractivity contribution is -0.188. The molecule has 4 rings (SSSR count). The van der Waals surface area contributed by atoms with Gasteiger partial charge in [0.25, 0.3) is 0 Å². The van der Waals surface area contributed by atoms with Gasteiger partial charge in [-0.3, -0.25) is 9.59 Å². The van der Waals surface area contributed by atoms with Gasteiger partial charge in [-0.1, -0.05) is 26.3 Å². The maximum absolute atomic E-state index is 12.3. The molecule has 0 aromatic rings. The summed E-state index contributed by atoms with van der Waals surface area (Å²) in [5, 5.41) is 11.7. The van der Waals surface area contributed by atoms with Gasteiger partial charge >= 0.3 is 0 Å². The van der Waals surface area contributed by atoms with E-state index in [1.54, 1.807) is 6.92 Å². The molecule has 8 atom stereocenters. The fourth-order valence-corrected chi connectivity index (χ4v) is 8.44. The highest BCUT2D eigenvalue weighted by molar-refractivity contribution is 5.91. The zero-order valence-corrected chi connectivity index (χ0v) is 17.0. The van der Waals surface area contributed by atoms with E-state index in [0.717, 1.165) is 25.7 Å². The number of hydrogen-bond donors (Lipinski definition) is 1. The fraction of sp³-hybridized carbons (Fsp3) is 0.826. The lowest BCUT2D eigenvalue weighted by Gasteiger charge is -2.64. The molecule has 3 fully saturated rings. The topological polar surface area (TPSA) is 54.4 Å². The third-order valence-electron chi connectivity index (χ3n) is 8.96. The van der Waals surface area contributed by atoms with Crippen molar-refractivity contribution in [2.75, 3.05) is 0 Å². The van der Waals surface area contributed by atoms with Gasteiger partial charge in [0.2, 0.25) is 0 Å². The predicted molar refractivity (Wildman–Crippen MR) is 101 cm³/mol. The van der Waals surface area contributed by atoms with Crippen molar-refractivity contribution in [2.45, 2.75) is 78.7 Å². The molecule has 4 aliphatic rings. The fourth-order valence-electron chi connectivity index (χ4n) is 8.44. The van der Waals surface area contributed by atoms with Gasteiger partial charge in [-0.15, -0.1) is 0 Å². The summed E-state index contributed by atoms with van der Waals surface area (Å²) >= 11 is 0. The zero-order chi connectivity index (χ0) is 19.1. The number of carbonyl (C=O) groups is 2. The van der Waals surface area contributed by atoms with Crippen LogP contribution in [0.15, 0.2) is 11.6 Å². The van der Waals surface area contributed by atoms with Crippen molar-refractivity contribution in [3.63, 3.8) is 0 Å². The molecule has 0 aromatic heterocycles. The molecule has 0 spiro atoms. The highest BCUT2D eigenvalue weighted by Gasteiger charge is 2.66. The molecule has 0 radical (unpaired) electrons. The maximum atomic E-state index is 12.3. The highest BCUT2D eigenvalue weighted by Crippen LogP contribution is 2.69. The van der Waals surface area contributed by atoms with E-state index >= 15 is 0 Å². The van der Waals surface area contributed by atoms with Crippen molar-refractivity contribution >= 4 is 11.6 Å². The quantitative estimate of drug-likeness (QED) is 0.759. The largest absolute Gasteiger partial charge is 0.390 e. The first-order chi connectivity index (χ1) is 12.0. The van der Waals surface area contributed by atoms with Crippen LogP contribution in [0.1, 0.15) is 73.1 Å². The SMILES string of the molecule is CC(=O)[C@H]1CC[C@H]2[C@@H]3C[C@H](C)C4=CC(=O)CC[C@]4(C)[C@H]3[C@@](C)(O)C[C@]12C. The molecule has 0 unspecified atom stereocenters. The molecule has 0 amide bonds. The minimum atomic E-state index is -0.789. The van der Waals surface area contributed by atoms with Crippen LogP contribution in [0.4, 0.5) is 0 Å². The number of rotatable bonds is 1. The smallest absolute Gasteiger partial charge is 0.155 e. The maximum Gasteiger partial charge on any atom is 0.155 e. The monoisotopic (exact) mass is 358 g/mol. The van der Waals surface area contributed by atoms with Crippen LogP contribution in [0.25, 0.3) is 0 Å². The summed E-state index contributed by atoms with van der Waals surface area (Å²) in [5.41, 5.74) is 0.315. The van der Waals surface area contributed by atoms with Crippen LogP contribution in [0.3, 0.4) is 0 Å². The minimum absolute atomic E-state index is 0.0850. The molecule has 0 bridgehead atoms. The molecule has 3 heteroatoms. The van der Waals surface area contributed by atoms with Crippen molar-refractivity contribution < 1.29 is 14.7 Å². The van der Waals surface area contributed by atoms with E-state index in [1.165, 1.54) is 5.57 Å². The lowest BCUT2D eigenvalue weighted by Crippen LogP contribution is -2.62. The number of fused-ring (bicyclic) bond motifs is 5. The molecule has 0 heterocycles. The second-order valence-corrected chi connectivity index (χ2v) is 10.6. The van der Waals surface area contributed by atoms with E-state index in [4.69, 9.17) is 0 Å². The average molecular weight is 359 g/mol. The van der Waals surface area contributed by atoms with Gasteiger partial charge in [0.05, 0.1) is 5.60 Å². The molecule has 26 heavy (non-hydrogen) atoms. The van der Waals surface area contributed by atoms with Crippen LogP contribution in [0, 0.1) is 40.4 Å². The van der Waals surface area contributed by atoms with Crippen molar-refractivity contribution in [3.05, 3.63) is 11.6 Å². The number of hydrogen-bond acceptors (Lipinski definition) is 3. The summed E-state index contributed by atoms with van der Waals surface area (Å²) in [5.74, 6) is 2.17. The molecule has 4 aliphatic carbocycles. The first kappa shape index (κ1) is 18.4. The van der Waals surface area contributed by atoms with E-state index < -0.39 is 5.60 Å². The minimum Gasteiger partial charge on any atom is -0.390 e. The number of Topliss-reactive ketones (excluding diaryl/α,β-unsaturated/α-hetero) is 1. The third-order valence-corrected chi connectivity index (χ3v) is 8.96. The Morgan fingerprint density at radius 3 is 2.58 bits per heavy atom. The number of aliphatic hydroxyl groups is 1. The van der Waals surface area contributed by atoms with Gasteiger partial charge in [-0.05, 0) is 86.5 Å². The Kier molecular flexibility index (Phi) is 3.91. The second kappa shape index (κ2) is 5.53. The Morgan fingerprint density at radius 2 is 1.92 bits per heavy atom. The Hall–Kier alpha value is -0.960. The number of carbonyl (C=O) groups excluding carboxylic acids is 2. The van der Waals surface area contributed by atoms with E-state index in [2.05, 4.69) is 20.8 Å². The summed E-state index contributed by atoms with van der Waals surface area (Å²) in [6.07, 6.45) is 7.20. The van der Waals surface area contributed by atoms with Crippen LogP contribution in [0.5, 0.6) is 0 Å². The molecule has 0 aromatic carbocycles. The molecule has 0 aliphatic heterocycles. The van der Waals surface area contributed by atoms with Gasteiger partial charge in [-0.2, -0.15) is 0 Å². The molecular formula is C23H34O3. The van der Waals surface area contributed by atoms with Crippen LogP contribution >= 0.6 is 0 Å². The lowest BCUT2D eigenvalue weighted by atomic mass is 9.41. The van der Waals surface area contributed by atoms with Gasteiger partial charge < -0.3 is 5.11 Å². The van der Waals surface area contributed by atoms with Crippen molar-refractivity contribution in [2.24, 2.45) is 40.4 Å². The van der Waals surface area contributed by atoms with E-state index in [1.807, 2.05) is 13.0 Å². The Morgan fingerprint density at radius 1 is 1.23 bits per heavy atom. The molecule has 144 valence electrons. The Labute approximate surface area is 157 Å². The van der Waals surface area contributed by atoms with Crippen LogP contribution in [-0.4, -0.2) is 22.3 Å². The molecule has 0 saturated heterocycles. The first-order valence-electron chi connectivity index (χ1n) is 10.5. The summed E-state index contributed by atoms with van der Waals surface area (Å²) in [6.45, 7) is 10.6. The third kappa shape index (κ3) is 2.28. The number of allylic oxidation sites excluding steroid dienone is 1. The van der Waals surface area contributed by atoms with Gasteiger partial charge in [0, 0.05) is 12.3 Å². The summed E-state index contributed by atoms with van der Waals surface area (Å²) < 4.78 is 0. The Bertz CT molecular complexity index is 690. The van der Waals surface area contributed by atoms with Crippen LogP contribution < -0.4 is 0 Å². The van der Waals surface area contributed by atoms with Gasteiger partial charge in [0.1, 0.15) is 5.78 Å². The normalized spacial score (nSPS) is 53.4. The average Bonchev–Trinajstić information content (AvgIpc) is 2.84. The van der Waals surface area contributed by atoms with E-state index in [-0.39, 0.29) is 28.4 Å². The molecule has 3 nitrogen and oxygen atoms in total. The Balaban J connectivity index is 1.82. The first-order valence-corrected chi connectivity index (χ1v) is 10.5. The van der Waals surface area contributed by atoms with Crippen molar-refractivity contribution in [3.8, 4) is 0 Å². The van der Waals surface area contributed by atoms with Gasteiger partial charge in [-0.25, -0.2) is 0 Å². The predicted octanol–water partition coefficient (Wildman–Crippen LogP) is 4.33. The summed E-state index contributed by atoms with van der Waals surface area (Å²) in [7, 11) is 0. The summed E-state index contributed by atoms with van der Waals surface area (Å²) in [6, 6.07) is 0. The van der Waals surface area contributed by atoms with Crippen molar-refractivity contribution in [1.29, 1.82) is 0 Å². The van der Waals surface area contributed by atoms with E-state index in [0.29, 0.717) is 36.4 Å². The molecule has 3 saturated carbocycles. The van der Waals surface area contributed by atoms with E-state index in [9.17, 15) is 14.7 Å². The zero-order valence-electron chi connectivity index (χ0n) is 17.0. The van der Waals surface area contributed by atoms with Crippen molar-refractivity contribution in [1.82, 2.24) is 0 Å². The van der Waals surface area contributed by atoms with Crippen LogP contribution in [-0.2, 0) is 9.59 Å². The standard InChI is InChI=1S/C23H34O3/c1-13-10-16-18-7-6-17(14(2)24)22(18,4)12-23(5,26)20(16)21(3)9-8-15(25)11-19(13)21/h11,13,16-18,20,26H,6-10,12H2,1-5H3/t13-,16-,17+,18-,20-,21-,22+,23-/m0/s1. The summed E-state index contributed by atoms with van der Waals surface area (Å²) in [4.78, 5) is 24.4. The highest BCUT2D eigenvalue weighted by atomic mass is 16.3.